The molecule has 0 unspecified atom stereocenters. The number of rotatable bonds is 5. The first-order chi connectivity index (χ1) is 13.1. The first-order valence-corrected chi connectivity index (χ1v) is 9.10. The van der Waals surface area contributed by atoms with Crippen molar-refractivity contribution in [2.24, 2.45) is 10.7 Å². The van der Waals surface area contributed by atoms with Crippen LogP contribution in [-0.2, 0) is 0 Å². The minimum Gasteiger partial charge on any atom is -0.493 e. The van der Waals surface area contributed by atoms with Crippen molar-refractivity contribution in [2.45, 2.75) is 6.17 Å². The van der Waals surface area contributed by atoms with Crippen molar-refractivity contribution < 1.29 is 9.47 Å². The van der Waals surface area contributed by atoms with Crippen LogP contribution < -0.4 is 20.5 Å². The first kappa shape index (κ1) is 17.4. The highest BCUT2D eigenvalue weighted by Gasteiger charge is 2.26. The van der Waals surface area contributed by atoms with Crippen LogP contribution in [0, 0.1) is 0 Å². The number of nitrogens with zero attached hydrogens (tertiary/aromatic N) is 3. The van der Waals surface area contributed by atoms with Gasteiger partial charge < -0.3 is 15.2 Å². The van der Waals surface area contributed by atoms with E-state index in [9.17, 15) is 0 Å². The molecule has 0 bridgehead atoms. The Morgan fingerprint density at radius 2 is 2.19 bits per heavy atom. The van der Waals surface area contributed by atoms with Crippen LogP contribution in [0.5, 0.6) is 11.5 Å². The molecule has 8 heteroatoms. The maximum absolute atomic E-state index is 6.01. The van der Waals surface area contributed by atoms with Crippen molar-refractivity contribution in [3.05, 3.63) is 59.1 Å². The number of halogens is 1. The molecule has 0 radical (unpaired) electrons. The molecule has 7 nitrogen and oxygen atoms in total. The Morgan fingerprint density at radius 1 is 1.37 bits per heavy atom. The SMILES string of the molecule is C=CCOc1c(Br)cc([C@H]2N=C(N)Nc3nc4ccccc4n32)cc1OC. The molecule has 27 heavy (non-hydrogen) atoms. The zero-order valence-corrected chi connectivity index (χ0v) is 16.2. The third-order valence-corrected chi connectivity index (χ3v) is 4.83. The molecule has 0 spiro atoms. The van der Waals surface area contributed by atoms with E-state index in [4.69, 9.17) is 15.2 Å². The van der Waals surface area contributed by atoms with E-state index in [1.807, 2.05) is 41.0 Å². The molecular formula is C19H18BrN5O2. The molecule has 1 aromatic heterocycles. The Bertz CT molecular complexity index is 1060. The van der Waals surface area contributed by atoms with Crippen molar-refractivity contribution in [3.8, 4) is 11.5 Å². The number of methoxy groups -OCH3 is 1. The Balaban J connectivity index is 1.87. The molecule has 1 aliphatic heterocycles. The number of hydrogen-bond acceptors (Lipinski definition) is 6. The molecule has 0 fully saturated rings. The Morgan fingerprint density at radius 3 is 2.96 bits per heavy atom. The van der Waals surface area contributed by atoms with Gasteiger partial charge >= 0.3 is 0 Å². The molecule has 2 aromatic carbocycles. The van der Waals surface area contributed by atoms with Crippen LogP contribution in [0.4, 0.5) is 5.95 Å². The van der Waals surface area contributed by atoms with Crippen molar-refractivity contribution in [1.29, 1.82) is 0 Å². The molecule has 1 atom stereocenters. The van der Waals surface area contributed by atoms with Gasteiger partial charge in [0.1, 0.15) is 6.61 Å². The lowest BCUT2D eigenvalue weighted by molar-refractivity contribution is 0.324. The standard InChI is InChI=1S/C19H18BrN5O2/c1-3-8-27-16-12(20)9-11(10-15(16)26-2)17-23-18(21)24-19-22-13-6-4-5-7-14(13)25(17)19/h3-7,9-10,17H,1,8H2,2H3,(H3,21,22,23,24)/t17-/m0/s1. The Labute approximate surface area is 164 Å². The average Bonchev–Trinajstić information content (AvgIpc) is 3.03. The lowest BCUT2D eigenvalue weighted by Gasteiger charge is -2.25. The van der Waals surface area contributed by atoms with Gasteiger partial charge in [0.2, 0.25) is 5.95 Å². The van der Waals surface area contributed by atoms with Crippen molar-refractivity contribution in [2.75, 3.05) is 19.0 Å². The summed E-state index contributed by atoms with van der Waals surface area (Å²) >= 11 is 3.57. The molecule has 4 rings (SSSR count). The summed E-state index contributed by atoms with van der Waals surface area (Å²) in [5.41, 5.74) is 8.73. The number of aliphatic imine (C=N–C) groups is 1. The largest absolute Gasteiger partial charge is 0.493 e. The highest BCUT2D eigenvalue weighted by atomic mass is 79.9. The minimum atomic E-state index is -0.382. The highest BCUT2D eigenvalue weighted by Crippen LogP contribution is 2.41. The van der Waals surface area contributed by atoms with Gasteiger partial charge in [-0.15, -0.1) is 0 Å². The molecule has 0 amide bonds. The summed E-state index contributed by atoms with van der Waals surface area (Å²) in [6.45, 7) is 4.06. The van der Waals surface area contributed by atoms with Crippen LogP contribution >= 0.6 is 15.9 Å². The van der Waals surface area contributed by atoms with Crippen LogP contribution in [0.2, 0.25) is 0 Å². The van der Waals surface area contributed by atoms with E-state index in [0.29, 0.717) is 30.0 Å². The number of nitrogens with one attached hydrogen (secondary N) is 1. The normalized spacial score (nSPS) is 15.6. The molecule has 2 heterocycles. The van der Waals surface area contributed by atoms with E-state index in [-0.39, 0.29) is 6.17 Å². The summed E-state index contributed by atoms with van der Waals surface area (Å²) in [6, 6.07) is 11.7. The van der Waals surface area contributed by atoms with Gasteiger partial charge in [0.15, 0.2) is 23.6 Å². The van der Waals surface area contributed by atoms with E-state index in [1.165, 1.54) is 0 Å². The van der Waals surface area contributed by atoms with Crippen LogP contribution in [-0.4, -0.2) is 29.2 Å². The number of benzene rings is 2. The second-order valence-corrected chi connectivity index (χ2v) is 6.80. The topological polar surface area (TPSA) is 86.7 Å². The quantitative estimate of drug-likeness (QED) is 0.606. The Kier molecular flexibility index (Phi) is 4.49. The number of fused-ring (bicyclic) bond motifs is 3. The van der Waals surface area contributed by atoms with Gasteiger partial charge in [0.25, 0.3) is 0 Å². The maximum Gasteiger partial charge on any atom is 0.212 e. The van der Waals surface area contributed by atoms with Crippen LogP contribution in [0.15, 0.2) is 58.5 Å². The molecule has 138 valence electrons. The highest BCUT2D eigenvalue weighted by molar-refractivity contribution is 9.10. The van der Waals surface area contributed by atoms with Crippen molar-refractivity contribution >= 4 is 38.9 Å². The van der Waals surface area contributed by atoms with E-state index in [1.54, 1.807) is 13.2 Å². The van der Waals surface area contributed by atoms with Gasteiger partial charge in [-0.25, -0.2) is 9.98 Å². The Hall–Kier alpha value is -3.00. The van der Waals surface area contributed by atoms with Crippen molar-refractivity contribution in [3.63, 3.8) is 0 Å². The molecule has 3 N–H and O–H groups in total. The smallest absolute Gasteiger partial charge is 0.212 e. The summed E-state index contributed by atoms with van der Waals surface area (Å²) in [6.07, 6.45) is 1.30. The molecule has 0 saturated heterocycles. The number of ether oxygens (including phenoxy) is 2. The number of aromatic nitrogens is 2. The summed E-state index contributed by atoms with van der Waals surface area (Å²) in [5, 5.41) is 3.03. The van der Waals surface area contributed by atoms with Crippen LogP contribution in [0.3, 0.4) is 0 Å². The zero-order valence-electron chi connectivity index (χ0n) is 14.6. The number of nitrogens with two attached hydrogens (primary N) is 1. The average molecular weight is 428 g/mol. The number of para-hydroxylation sites is 2. The van der Waals surface area contributed by atoms with E-state index >= 15 is 0 Å². The van der Waals surface area contributed by atoms with Gasteiger partial charge in [-0.1, -0.05) is 24.8 Å². The van der Waals surface area contributed by atoms with Crippen LogP contribution in [0.25, 0.3) is 11.0 Å². The van der Waals surface area contributed by atoms with Crippen LogP contribution in [0.1, 0.15) is 11.7 Å². The molecule has 0 saturated carbocycles. The van der Waals surface area contributed by atoms with E-state index in [2.05, 4.69) is 37.8 Å². The summed E-state index contributed by atoms with van der Waals surface area (Å²) in [5.74, 6) is 2.17. The second-order valence-electron chi connectivity index (χ2n) is 5.94. The monoisotopic (exact) mass is 427 g/mol. The summed E-state index contributed by atoms with van der Waals surface area (Å²) < 4.78 is 14.0. The molecule has 3 aromatic rings. The summed E-state index contributed by atoms with van der Waals surface area (Å²) in [4.78, 5) is 9.21. The summed E-state index contributed by atoms with van der Waals surface area (Å²) in [7, 11) is 1.60. The predicted molar refractivity (Wildman–Crippen MR) is 110 cm³/mol. The van der Waals surface area contributed by atoms with E-state index in [0.717, 1.165) is 21.1 Å². The molecule has 0 aliphatic carbocycles. The van der Waals surface area contributed by atoms with Gasteiger partial charge in [-0.2, -0.15) is 0 Å². The fraction of sp³-hybridized carbons (Fsp3) is 0.158. The lowest BCUT2D eigenvalue weighted by Crippen LogP contribution is -2.31. The van der Waals surface area contributed by atoms with Gasteiger partial charge in [-0.05, 0) is 40.2 Å². The van der Waals surface area contributed by atoms with Gasteiger partial charge in [0.05, 0.1) is 22.6 Å². The number of imidazole rings is 1. The molecule has 1 aliphatic rings. The fourth-order valence-electron chi connectivity index (χ4n) is 3.11. The number of anilines is 1. The minimum absolute atomic E-state index is 0.310. The fourth-order valence-corrected chi connectivity index (χ4v) is 3.69. The molecular weight excluding hydrogens is 410 g/mol. The third-order valence-electron chi connectivity index (χ3n) is 4.24. The lowest BCUT2D eigenvalue weighted by atomic mass is 10.1. The maximum atomic E-state index is 6.01. The zero-order chi connectivity index (χ0) is 19.0. The van der Waals surface area contributed by atoms with Gasteiger partial charge in [0, 0.05) is 5.56 Å². The number of guanidine groups is 1. The van der Waals surface area contributed by atoms with Gasteiger partial charge in [-0.3, -0.25) is 9.88 Å². The first-order valence-electron chi connectivity index (χ1n) is 8.30. The number of hydrogen-bond donors (Lipinski definition) is 2. The van der Waals surface area contributed by atoms with E-state index < -0.39 is 0 Å². The third kappa shape index (κ3) is 3.02. The predicted octanol–water partition coefficient (Wildman–Crippen LogP) is 3.66. The second kappa shape index (κ2) is 6.96. The van der Waals surface area contributed by atoms with Crippen molar-refractivity contribution in [1.82, 2.24) is 9.55 Å².